The lowest BCUT2D eigenvalue weighted by Crippen LogP contribution is -2.41. The summed E-state index contributed by atoms with van der Waals surface area (Å²) in [4.78, 5) is 14.7. The minimum Gasteiger partial charge on any atom is -0.383 e. The molecule has 0 bridgehead atoms. The van der Waals surface area contributed by atoms with Crippen LogP contribution in [-0.2, 0) is 19.0 Å². The molecule has 0 aromatic carbocycles. The van der Waals surface area contributed by atoms with E-state index in [2.05, 4.69) is 17.6 Å². The molecular formula is C22H31N3O4. The van der Waals surface area contributed by atoms with Crippen molar-refractivity contribution >= 4 is 12.0 Å². The Labute approximate surface area is 172 Å². The molecule has 0 radical (unpaired) electrons. The highest BCUT2D eigenvalue weighted by Gasteiger charge is 2.32. The summed E-state index contributed by atoms with van der Waals surface area (Å²) in [6.45, 7) is 9.27. The van der Waals surface area contributed by atoms with Crippen LogP contribution in [-0.4, -0.2) is 61.7 Å². The minimum absolute atomic E-state index is 0.141. The van der Waals surface area contributed by atoms with Crippen LogP contribution < -0.4 is 0 Å². The lowest BCUT2D eigenvalue weighted by molar-refractivity contribution is -0.132. The third-order valence-electron chi connectivity index (χ3n) is 5.88. The van der Waals surface area contributed by atoms with Crippen LogP contribution in [0, 0.1) is 31.1 Å². The van der Waals surface area contributed by atoms with Crippen LogP contribution in [0.2, 0.25) is 0 Å². The Morgan fingerprint density at radius 2 is 2.00 bits per heavy atom. The van der Waals surface area contributed by atoms with Gasteiger partial charge in [0.15, 0.2) is 6.29 Å². The summed E-state index contributed by atoms with van der Waals surface area (Å²) in [5.41, 5.74) is 3.19. The van der Waals surface area contributed by atoms with Crippen LogP contribution in [0.15, 0.2) is 11.6 Å². The minimum atomic E-state index is -0.200. The predicted molar refractivity (Wildman–Crippen MR) is 109 cm³/mol. The summed E-state index contributed by atoms with van der Waals surface area (Å²) >= 11 is 0. The lowest BCUT2D eigenvalue weighted by Gasteiger charge is -2.33. The Kier molecular flexibility index (Phi) is 7.12. The van der Waals surface area contributed by atoms with Crippen LogP contribution in [0.3, 0.4) is 0 Å². The maximum atomic E-state index is 12.9. The van der Waals surface area contributed by atoms with Crippen molar-refractivity contribution in [2.75, 3.05) is 40.0 Å². The van der Waals surface area contributed by atoms with Crippen molar-refractivity contribution in [2.24, 2.45) is 5.92 Å². The van der Waals surface area contributed by atoms with E-state index in [-0.39, 0.29) is 23.8 Å². The average molecular weight is 402 g/mol. The van der Waals surface area contributed by atoms with Gasteiger partial charge in [-0.2, -0.15) is 5.26 Å². The van der Waals surface area contributed by atoms with Gasteiger partial charge in [0, 0.05) is 37.5 Å². The summed E-state index contributed by atoms with van der Waals surface area (Å²) in [5, 5.41) is 9.64. The number of ether oxygens (including phenoxy) is 3. The number of likely N-dealkylation sites (tertiary alicyclic amines) is 1. The summed E-state index contributed by atoms with van der Waals surface area (Å²) in [6, 6.07) is 4.31. The van der Waals surface area contributed by atoms with Crippen molar-refractivity contribution in [3.8, 4) is 6.07 Å². The Morgan fingerprint density at radius 3 is 2.59 bits per heavy atom. The van der Waals surface area contributed by atoms with Gasteiger partial charge in [-0.05, 0) is 51.3 Å². The maximum Gasteiger partial charge on any atom is 0.264 e. The zero-order chi connectivity index (χ0) is 21.0. The zero-order valence-electron chi connectivity index (χ0n) is 17.8. The molecule has 7 nitrogen and oxygen atoms in total. The van der Waals surface area contributed by atoms with Crippen LogP contribution >= 0.6 is 0 Å². The number of aryl methyl sites for hydroxylation is 1. The molecule has 1 aromatic heterocycles. The third-order valence-corrected chi connectivity index (χ3v) is 5.88. The van der Waals surface area contributed by atoms with Gasteiger partial charge in [0.2, 0.25) is 0 Å². The number of aromatic nitrogens is 1. The number of amides is 1. The maximum absolute atomic E-state index is 12.9. The molecule has 29 heavy (non-hydrogen) atoms. The predicted octanol–water partition coefficient (Wildman–Crippen LogP) is 2.83. The Morgan fingerprint density at radius 1 is 1.34 bits per heavy atom. The molecule has 0 aliphatic carbocycles. The molecule has 2 aliphatic heterocycles. The first-order valence-electron chi connectivity index (χ1n) is 10.3. The number of nitriles is 1. The van der Waals surface area contributed by atoms with Crippen molar-refractivity contribution in [3.63, 3.8) is 0 Å². The van der Waals surface area contributed by atoms with E-state index >= 15 is 0 Å². The second-order valence-corrected chi connectivity index (χ2v) is 7.91. The second kappa shape index (κ2) is 9.57. The van der Waals surface area contributed by atoms with E-state index in [1.165, 1.54) is 0 Å². The molecular weight excluding hydrogens is 370 g/mol. The van der Waals surface area contributed by atoms with Crippen LogP contribution in [0.1, 0.15) is 42.8 Å². The van der Waals surface area contributed by atoms with Crippen molar-refractivity contribution in [3.05, 3.63) is 28.6 Å². The highest BCUT2D eigenvalue weighted by Crippen LogP contribution is 2.27. The van der Waals surface area contributed by atoms with E-state index in [0.717, 1.165) is 29.8 Å². The fourth-order valence-corrected chi connectivity index (χ4v) is 4.43. The highest BCUT2D eigenvalue weighted by atomic mass is 16.7. The van der Waals surface area contributed by atoms with Gasteiger partial charge < -0.3 is 23.7 Å². The molecule has 3 rings (SSSR count). The highest BCUT2D eigenvalue weighted by molar-refractivity contribution is 6.01. The number of nitrogens with zero attached hydrogens (tertiary/aromatic N) is 3. The van der Waals surface area contributed by atoms with Crippen molar-refractivity contribution in [2.45, 2.75) is 45.9 Å². The van der Waals surface area contributed by atoms with E-state index in [1.807, 2.05) is 19.9 Å². The Bertz CT molecular complexity index is 794. The monoisotopic (exact) mass is 401 g/mol. The van der Waals surface area contributed by atoms with Crippen molar-refractivity contribution in [1.82, 2.24) is 9.47 Å². The lowest BCUT2D eigenvalue weighted by atomic mass is 9.95. The number of piperidine rings is 1. The number of carbonyl (C=O) groups excluding carboxylic acids is 1. The first kappa shape index (κ1) is 21.6. The average Bonchev–Trinajstić information content (AvgIpc) is 3.34. The molecule has 3 heterocycles. The van der Waals surface area contributed by atoms with Crippen molar-refractivity contribution < 1.29 is 19.0 Å². The quantitative estimate of drug-likeness (QED) is 0.541. The Hall–Kier alpha value is -2.14. The van der Waals surface area contributed by atoms with Gasteiger partial charge >= 0.3 is 0 Å². The molecule has 2 saturated heterocycles. The molecule has 1 unspecified atom stereocenters. The van der Waals surface area contributed by atoms with Gasteiger partial charge in [-0.1, -0.05) is 0 Å². The second-order valence-electron chi connectivity index (χ2n) is 7.91. The smallest absolute Gasteiger partial charge is 0.264 e. The van der Waals surface area contributed by atoms with E-state index in [0.29, 0.717) is 38.8 Å². The Balaban J connectivity index is 1.71. The molecule has 0 spiro atoms. The normalized spacial score (nSPS) is 20.1. The number of rotatable bonds is 6. The standard InChI is InChI=1S/C22H31N3O4/c1-15-11-19(17(3)25(15)16(2)14-27-4)12-20(13-23)21(26)24-7-5-18(6-8-24)22-28-9-10-29-22/h11-12,16,18,22H,5-10,14H2,1-4H3/b20-12-. The van der Waals surface area contributed by atoms with Crippen LogP contribution in [0.5, 0.6) is 0 Å². The molecule has 158 valence electrons. The molecule has 1 amide bonds. The fraction of sp³-hybridized carbons (Fsp3) is 0.636. The molecule has 0 N–H and O–H groups in total. The van der Waals surface area contributed by atoms with Gasteiger partial charge in [0.1, 0.15) is 11.6 Å². The van der Waals surface area contributed by atoms with Crippen LogP contribution in [0.25, 0.3) is 6.08 Å². The molecule has 2 aliphatic rings. The van der Waals surface area contributed by atoms with Gasteiger partial charge in [-0.3, -0.25) is 4.79 Å². The molecule has 1 aromatic rings. The first-order valence-corrected chi connectivity index (χ1v) is 10.3. The zero-order valence-corrected chi connectivity index (χ0v) is 17.8. The summed E-state index contributed by atoms with van der Waals surface area (Å²) in [7, 11) is 1.69. The van der Waals surface area contributed by atoms with Crippen molar-refractivity contribution in [1.29, 1.82) is 5.26 Å². The molecule has 1 atom stereocenters. The fourth-order valence-electron chi connectivity index (χ4n) is 4.43. The van der Waals surface area contributed by atoms with Gasteiger partial charge in [0.05, 0.1) is 25.9 Å². The largest absolute Gasteiger partial charge is 0.383 e. The summed E-state index contributed by atoms with van der Waals surface area (Å²) in [5.74, 6) is 0.117. The SMILES string of the molecule is COCC(C)n1c(C)cc(/C=C(/C#N)C(=O)N2CCC(C3OCCO3)CC2)c1C. The number of carbonyl (C=O) groups is 1. The van der Waals surface area contributed by atoms with Crippen LogP contribution in [0.4, 0.5) is 0 Å². The number of methoxy groups -OCH3 is 1. The topological polar surface area (TPSA) is 76.7 Å². The van der Waals surface area contributed by atoms with E-state index in [4.69, 9.17) is 14.2 Å². The molecule has 7 heteroatoms. The van der Waals surface area contributed by atoms with E-state index in [1.54, 1.807) is 18.1 Å². The molecule has 0 saturated carbocycles. The number of hydrogen-bond acceptors (Lipinski definition) is 5. The first-order chi connectivity index (χ1) is 14.0. The van der Waals surface area contributed by atoms with E-state index < -0.39 is 0 Å². The molecule has 2 fully saturated rings. The van der Waals surface area contributed by atoms with Gasteiger partial charge in [-0.15, -0.1) is 0 Å². The third kappa shape index (κ3) is 4.72. The summed E-state index contributed by atoms with van der Waals surface area (Å²) < 4.78 is 18.7. The van der Waals surface area contributed by atoms with Gasteiger partial charge in [-0.25, -0.2) is 0 Å². The number of hydrogen-bond donors (Lipinski definition) is 0. The van der Waals surface area contributed by atoms with E-state index in [9.17, 15) is 10.1 Å². The summed E-state index contributed by atoms with van der Waals surface area (Å²) in [6.07, 6.45) is 3.24. The van der Waals surface area contributed by atoms with Gasteiger partial charge in [0.25, 0.3) is 5.91 Å².